The zero-order chi connectivity index (χ0) is 18.8. The van der Waals surface area contributed by atoms with E-state index in [1.165, 1.54) is 6.08 Å². The molecular formula is C20H25NO3S. The molecule has 4 nitrogen and oxygen atoms in total. The van der Waals surface area contributed by atoms with Crippen LogP contribution in [0.1, 0.15) is 41.8 Å². The van der Waals surface area contributed by atoms with Crippen LogP contribution >= 0.6 is 12.2 Å². The molecule has 0 heterocycles. The molecule has 0 saturated heterocycles. The highest BCUT2D eigenvalue weighted by Gasteiger charge is 2.14. The largest absolute Gasteiger partial charge is 0.457 e. The van der Waals surface area contributed by atoms with Crippen molar-refractivity contribution in [3.8, 4) is 0 Å². The minimum absolute atomic E-state index is 0.0677. The molecular weight excluding hydrogens is 334 g/mol. The number of allylic oxidation sites excluding steroid dienone is 1. The average molecular weight is 359 g/mol. The van der Waals surface area contributed by atoms with E-state index in [0.717, 1.165) is 30.0 Å². The third-order valence-corrected chi connectivity index (χ3v) is 3.93. The number of ketones is 1. The van der Waals surface area contributed by atoms with Gasteiger partial charge in [-0.2, -0.15) is 0 Å². The Bertz CT molecular complexity index is 667. The second kappa shape index (κ2) is 10.6. The summed E-state index contributed by atoms with van der Waals surface area (Å²) in [4.78, 5) is 24.0. The van der Waals surface area contributed by atoms with E-state index in [1.807, 2.05) is 25.1 Å². The minimum atomic E-state index is -0.449. The Morgan fingerprint density at radius 3 is 2.60 bits per heavy atom. The molecule has 25 heavy (non-hydrogen) atoms. The zero-order valence-electron chi connectivity index (χ0n) is 14.8. The summed E-state index contributed by atoms with van der Waals surface area (Å²) in [6, 6.07) is 5.80. The van der Waals surface area contributed by atoms with Crippen molar-refractivity contribution in [1.29, 1.82) is 0 Å². The van der Waals surface area contributed by atoms with Gasteiger partial charge in [0.2, 0.25) is 0 Å². The first-order chi connectivity index (χ1) is 11.9. The van der Waals surface area contributed by atoms with Crippen molar-refractivity contribution in [2.24, 2.45) is 0 Å². The number of aryl methyl sites for hydroxylation is 2. The molecule has 0 radical (unpaired) electrons. The van der Waals surface area contributed by atoms with E-state index in [1.54, 1.807) is 6.92 Å². The van der Waals surface area contributed by atoms with Crippen molar-refractivity contribution < 1.29 is 14.3 Å². The number of thiocarbonyl (C=S) groups is 1. The average Bonchev–Trinajstić information content (AvgIpc) is 2.62. The highest BCUT2D eigenvalue weighted by atomic mass is 32.1. The van der Waals surface area contributed by atoms with Crippen LogP contribution in [0.4, 0.5) is 0 Å². The number of hydrogen-bond donors (Lipinski definition) is 1. The number of carbonyl (C=O) groups excluding carboxylic acids is 2. The molecule has 1 N–H and O–H groups in total. The quantitative estimate of drug-likeness (QED) is 0.299. The fraction of sp³-hybridized carbons (Fsp3) is 0.350. The van der Waals surface area contributed by atoms with Gasteiger partial charge in [-0.05, 0) is 43.4 Å². The van der Waals surface area contributed by atoms with Gasteiger partial charge in [-0.3, -0.25) is 4.79 Å². The fourth-order valence-corrected chi connectivity index (χ4v) is 2.53. The number of hydrogen-bond acceptors (Lipinski definition) is 4. The van der Waals surface area contributed by atoms with Crippen molar-refractivity contribution in [2.75, 3.05) is 6.54 Å². The van der Waals surface area contributed by atoms with Gasteiger partial charge in [0.15, 0.2) is 5.78 Å². The van der Waals surface area contributed by atoms with Crippen LogP contribution in [0.3, 0.4) is 0 Å². The lowest BCUT2D eigenvalue weighted by Gasteiger charge is -2.18. The van der Waals surface area contributed by atoms with Gasteiger partial charge in [0.25, 0.3) is 0 Å². The Labute approximate surface area is 155 Å². The van der Waals surface area contributed by atoms with Crippen molar-refractivity contribution >= 4 is 29.0 Å². The first kappa shape index (κ1) is 20.8. The van der Waals surface area contributed by atoms with E-state index < -0.39 is 5.97 Å². The molecule has 0 fully saturated rings. The Kier molecular flexibility index (Phi) is 8.78. The van der Waals surface area contributed by atoms with Gasteiger partial charge in [-0.1, -0.05) is 50.5 Å². The van der Waals surface area contributed by atoms with E-state index in [-0.39, 0.29) is 11.9 Å². The fourth-order valence-electron chi connectivity index (χ4n) is 2.45. The first-order valence-electron chi connectivity index (χ1n) is 8.27. The lowest BCUT2D eigenvalue weighted by Crippen LogP contribution is -2.33. The molecule has 1 rings (SSSR count). The standard InChI is InChI=1S/C20H25NO3S/c1-5-16-12-15(9-11-18(16)19(22)6-2)8-10-17(13-21-14(4)25)24-20(23)7-3/h6-7,9,11-12,17H,2-3,5,8,10,13H2,1,4H3,(H,21,25)/t17-/m1/s1. The lowest BCUT2D eigenvalue weighted by atomic mass is 9.96. The van der Waals surface area contributed by atoms with E-state index in [0.29, 0.717) is 23.5 Å². The molecule has 5 heteroatoms. The summed E-state index contributed by atoms with van der Waals surface area (Å²) < 4.78 is 5.36. The van der Waals surface area contributed by atoms with Crippen LogP contribution in [0.25, 0.3) is 0 Å². The smallest absolute Gasteiger partial charge is 0.330 e. The predicted molar refractivity (Wildman–Crippen MR) is 105 cm³/mol. The maximum absolute atomic E-state index is 11.9. The molecule has 0 aromatic heterocycles. The molecule has 0 aliphatic rings. The van der Waals surface area contributed by atoms with Crippen LogP contribution < -0.4 is 5.32 Å². The summed E-state index contributed by atoms with van der Waals surface area (Å²) in [5.74, 6) is -0.517. The van der Waals surface area contributed by atoms with Gasteiger partial charge in [-0.15, -0.1) is 0 Å². The van der Waals surface area contributed by atoms with Crippen LogP contribution in [-0.4, -0.2) is 29.4 Å². The Morgan fingerprint density at radius 2 is 2.04 bits per heavy atom. The van der Waals surface area contributed by atoms with Crippen molar-refractivity contribution in [1.82, 2.24) is 5.32 Å². The minimum Gasteiger partial charge on any atom is -0.457 e. The summed E-state index contributed by atoms with van der Waals surface area (Å²) >= 11 is 5.00. The van der Waals surface area contributed by atoms with Crippen molar-refractivity contribution in [3.63, 3.8) is 0 Å². The SMILES string of the molecule is C=CC(=O)O[C@H](CCc1ccc(C(=O)C=C)c(CC)c1)CNC(C)=S. The molecule has 1 aromatic rings. The molecule has 1 atom stereocenters. The highest BCUT2D eigenvalue weighted by Crippen LogP contribution is 2.16. The highest BCUT2D eigenvalue weighted by molar-refractivity contribution is 7.80. The van der Waals surface area contributed by atoms with E-state index in [9.17, 15) is 9.59 Å². The summed E-state index contributed by atoms with van der Waals surface area (Å²) in [5, 5.41) is 3.03. The maximum Gasteiger partial charge on any atom is 0.330 e. The lowest BCUT2D eigenvalue weighted by molar-refractivity contribution is -0.142. The topological polar surface area (TPSA) is 55.4 Å². The molecule has 0 aliphatic carbocycles. The third kappa shape index (κ3) is 7.01. The maximum atomic E-state index is 11.9. The van der Waals surface area contributed by atoms with Gasteiger partial charge in [-0.25, -0.2) is 4.79 Å². The monoisotopic (exact) mass is 359 g/mol. The van der Waals surface area contributed by atoms with Crippen LogP contribution in [0.5, 0.6) is 0 Å². The number of benzene rings is 1. The number of esters is 1. The summed E-state index contributed by atoms with van der Waals surface area (Å²) in [6.45, 7) is 11.2. The van der Waals surface area contributed by atoms with E-state index in [2.05, 4.69) is 18.5 Å². The Morgan fingerprint density at radius 1 is 1.32 bits per heavy atom. The van der Waals surface area contributed by atoms with Gasteiger partial charge < -0.3 is 10.1 Å². The van der Waals surface area contributed by atoms with Crippen molar-refractivity contribution in [2.45, 2.75) is 39.2 Å². The molecule has 0 spiro atoms. The molecule has 0 aliphatic heterocycles. The summed E-state index contributed by atoms with van der Waals surface area (Å²) in [7, 11) is 0. The molecule has 0 bridgehead atoms. The second-order valence-electron chi connectivity index (χ2n) is 5.65. The number of nitrogens with one attached hydrogen (secondary N) is 1. The third-order valence-electron chi connectivity index (χ3n) is 3.78. The first-order valence-corrected chi connectivity index (χ1v) is 8.68. The van der Waals surface area contributed by atoms with Gasteiger partial charge in [0, 0.05) is 11.6 Å². The van der Waals surface area contributed by atoms with Crippen molar-refractivity contribution in [3.05, 3.63) is 60.2 Å². The van der Waals surface area contributed by atoms with Gasteiger partial charge in [0.05, 0.1) is 11.5 Å². The predicted octanol–water partition coefficient (Wildman–Crippen LogP) is 3.59. The molecule has 134 valence electrons. The molecule has 1 aromatic carbocycles. The summed E-state index contributed by atoms with van der Waals surface area (Å²) in [6.07, 6.45) is 4.32. The molecule has 0 saturated carbocycles. The Balaban J connectivity index is 2.81. The zero-order valence-corrected chi connectivity index (χ0v) is 15.7. The number of ether oxygens (including phenoxy) is 1. The second-order valence-corrected chi connectivity index (χ2v) is 6.26. The number of rotatable bonds is 10. The van der Waals surface area contributed by atoms with Crippen LogP contribution in [0.15, 0.2) is 43.5 Å². The molecule has 0 amide bonds. The summed E-state index contributed by atoms with van der Waals surface area (Å²) in [5.41, 5.74) is 2.78. The number of carbonyl (C=O) groups is 2. The van der Waals surface area contributed by atoms with Crippen LogP contribution in [0.2, 0.25) is 0 Å². The molecule has 0 unspecified atom stereocenters. The Hall–Kier alpha value is -2.27. The van der Waals surface area contributed by atoms with E-state index in [4.69, 9.17) is 17.0 Å². The van der Waals surface area contributed by atoms with Crippen LogP contribution in [0, 0.1) is 0 Å². The van der Waals surface area contributed by atoms with Gasteiger partial charge in [0.1, 0.15) is 6.10 Å². The normalized spacial score (nSPS) is 11.3. The van der Waals surface area contributed by atoms with Crippen LogP contribution in [-0.2, 0) is 22.4 Å². The van der Waals surface area contributed by atoms with E-state index >= 15 is 0 Å². The van der Waals surface area contributed by atoms with Gasteiger partial charge >= 0.3 is 5.97 Å².